The minimum Gasteiger partial charge on any atom is -0.380 e. The van der Waals surface area contributed by atoms with Crippen molar-refractivity contribution in [2.24, 2.45) is 0 Å². The SMILES string of the molecule is N#Cc1ccc(NC(=O)[C@H](O)[C@H]2OCCN(c3ccc4[nH]c(=O)[nH]c4c3)C2=O)cc1. The molecule has 0 aliphatic carbocycles. The zero-order valence-corrected chi connectivity index (χ0v) is 15.6. The number of aromatic nitrogens is 2. The Kier molecular flexibility index (Phi) is 5.05. The van der Waals surface area contributed by atoms with E-state index < -0.39 is 24.0 Å². The number of aliphatic hydroxyl groups is 1. The maximum atomic E-state index is 12.9. The quantitative estimate of drug-likeness (QED) is 0.493. The summed E-state index contributed by atoms with van der Waals surface area (Å²) in [6.45, 7) is 0.360. The molecule has 1 fully saturated rings. The first-order chi connectivity index (χ1) is 14.5. The summed E-state index contributed by atoms with van der Waals surface area (Å²) < 4.78 is 5.38. The fourth-order valence-corrected chi connectivity index (χ4v) is 3.26. The molecule has 30 heavy (non-hydrogen) atoms. The van der Waals surface area contributed by atoms with Crippen molar-refractivity contribution in [3.05, 3.63) is 58.5 Å². The van der Waals surface area contributed by atoms with Gasteiger partial charge in [0.1, 0.15) is 0 Å². The number of amides is 2. The molecule has 0 unspecified atom stereocenters. The van der Waals surface area contributed by atoms with Gasteiger partial charge in [0.05, 0.1) is 29.3 Å². The molecule has 0 radical (unpaired) electrons. The van der Waals surface area contributed by atoms with E-state index in [9.17, 15) is 19.5 Å². The summed E-state index contributed by atoms with van der Waals surface area (Å²) in [7, 11) is 0. The lowest BCUT2D eigenvalue weighted by Gasteiger charge is -2.34. The predicted molar refractivity (Wildman–Crippen MR) is 107 cm³/mol. The van der Waals surface area contributed by atoms with Crippen molar-refractivity contribution in [1.82, 2.24) is 9.97 Å². The molecule has 0 saturated carbocycles. The first kappa shape index (κ1) is 19.4. The van der Waals surface area contributed by atoms with E-state index in [2.05, 4.69) is 15.3 Å². The fraction of sp³-hybridized carbons (Fsp3) is 0.200. The first-order valence-corrected chi connectivity index (χ1v) is 9.10. The number of rotatable bonds is 4. The average Bonchev–Trinajstić information content (AvgIpc) is 3.13. The Bertz CT molecular complexity index is 1210. The number of hydrogen-bond acceptors (Lipinski definition) is 6. The second-order valence-electron chi connectivity index (χ2n) is 6.71. The topological polar surface area (TPSA) is 151 Å². The van der Waals surface area contributed by atoms with E-state index in [1.807, 2.05) is 6.07 Å². The summed E-state index contributed by atoms with van der Waals surface area (Å²) in [6.07, 6.45) is -3.11. The summed E-state index contributed by atoms with van der Waals surface area (Å²) in [4.78, 5) is 43.4. The number of aliphatic hydroxyl groups excluding tert-OH is 1. The number of nitriles is 1. The normalized spacial score (nSPS) is 17.5. The molecule has 152 valence electrons. The van der Waals surface area contributed by atoms with Crippen LogP contribution in [0.5, 0.6) is 0 Å². The summed E-state index contributed by atoms with van der Waals surface area (Å²) in [5, 5.41) is 21.7. The smallest absolute Gasteiger partial charge is 0.323 e. The molecule has 2 atom stereocenters. The number of nitrogens with one attached hydrogen (secondary N) is 3. The van der Waals surface area contributed by atoms with Gasteiger partial charge in [0, 0.05) is 17.9 Å². The zero-order chi connectivity index (χ0) is 21.3. The number of nitrogens with zero attached hydrogens (tertiary/aromatic N) is 2. The minimum atomic E-state index is -1.73. The van der Waals surface area contributed by atoms with Gasteiger partial charge in [0.25, 0.3) is 11.8 Å². The van der Waals surface area contributed by atoms with Crippen molar-refractivity contribution >= 4 is 34.2 Å². The number of hydrogen-bond donors (Lipinski definition) is 4. The van der Waals surface area contributed by atoms with Crippen LogP contribution in [0.15, 0.2) is 47.3 Å². The molecule has 1 saturated heterocycles. The van der Waals surface area contributed by atoms with Crippen molar-refractivity contribution in [1.29, 1.82) is 5.26 Å². The molecule has 2 heterocycles. The number of benzene rings is 2. The highest BCUT2D eigenvalue weighted by Crippen LogP contribution is 2.23. The van der Waals surface area contributed by atoms with Crippen molar-refractivity contribution < 1.29 is 19.4 Å². The molecule has 0 bridgehead atoms. The van der Waals surface area contributed by atoms with Crippen molar-refractivity contribution in [2.75, 3.05) is 23.4 Å². The third-order valence-electron chi connectivity index (χ3n) is 4.77. The van der Waals surface area contributed by atoms with Crippen molar-refractivity contribution in [2.45, 2.75) is 12.2 Å². The Morgan fingerprint density at radius 3 is 2.67 bits per heavy atom. The molecule has 0 spiro atoms. The molecule has 2 aromatic carbocycles. The molecule has 1 aromatic heterocycles. The van der Waals surface area contributed by atoms with Gasteiger partial charge >= 0.3 is 5.69 Å². The van der Waals surface area contributed by atoms with Gasteiger partial charge in [0.15, 0.2) is 12.2 Å². The summed E-state index contributed by atoms with van der Waals surface area (Å²) in [5.74, 6) is -1.37. The molecule has 10 nitrogen and oxygen atoms in total. The van der Waals surface area contributed by atoms with E-state index in [0.717, 1.165) is 0 Å². The predicted octanol–water partition coefficient (Wildman–Crippen LogP) is 0.459. The van der Waals surface area contributed by atoms with Crippen LogP contribution in [0.3, 0.4) is 0 Å². The average molecular weight is 407 g/mol. The van der Waals surface area contributed by atoms with Gasteiger partial charge in [-0.1, -0.05) is 0 Å². The number of morpholine rings is 1. The van der Waals surface area contributed by atoms with Crippen LogP contribution < -0.4 is 15.9 Å². The van der Waals surface area contributed by atoms with E-state index in [0.29, 0.717) is 28.0 Å². The molecule has 10 heteroatoms. The largest absolute Gasteiger partial charge is 0.380 e. The van der Waals surface area contributed by atoms with Crippen molar-refractivity contribution in [3.63, 3.8) is 0 Å². The third-order valence-corrected chi connectivity index (χ3v) is 4.77. The van der Waals surface area contributed by atoms with Crippen LogP contribution in [0.2, 0.25) is 0 Å². The van der Waals surface area contributed by atoms with Gasteiger partial charge in [0.2, 0.25) is 0 Å². The number of anilines is 2. The van der Waals surface area contributed by atoms with E-state index in [1.54, 1.807) is 18.2 Å². The van der Waals surface area contributed by atoms with Crippen LogP contribution in [0, 0.1) is 11.3 Å². The minimum absolute atomic E-state index is 0.124. The van der Waals surface area contributed by atoms with Crippen LogP contribution in [-0.2, 0) is 14.3 Å². The second kappa shape index (κ2) is 7.82. The lowest BCUT2D eigenvalue weighted by molar-refractivity contribution is -0.150. The molecular weight excluding hydrogens is 390 g/mol. The molecule has 2 amide bonds. The Morgan fingerprint density at radius 1 is 1.20 bits per heavy atom. The fourth-order valence-electron chi connectivity index (χ4n) is 3.26. The van der Waals surface area contributed by atoms with Gasteiger partial charge in [-0.2, -0.15) is 5.26 Å². The first-order valence-electron chi connectivity index (χ1n) is 9.10. The highest BCUT2D eigenvalue weighted by Gasteiger charge is 2.39. The van der Waals surface area contributed by atoms with Crippen LogP contribution >= 0.6 is 0 Å². The number of fused-ring (bicyclic) bond motifs is 1. The van der Waals surface area contributed by atoms with Crippen LogP contribution in [0.4, 0.5) is 11.4 Å². The van der Waals surface area contributed by atoms with Crippen LogP contribution in [0.1, 0.15) is 5.56 Å². The van der Waals surface area contributed by atoms with E-state index in [-0.39, 0.29) is 18.8 Å². The van der Waals surface area contributed by atoms with Gasteiger partial charge < -0.3 is 30.0 Å². The van der Waals surface area contributed by atoms with E-state index >= 15 is 0 Å². The summed E-state index contributed by atoms with van der Waals surface area (Å²) in [5.41, 5.74) is 2.09. The number of ether oxygens (including phenoxy) is 1. The third kappa shape index (κ3) is 3.67. The number of carbonyl (C=O) groups excluding carboxylic acids is 2. The molecule has 4 N–H and O–H groups in total. The zero-order valence-electron chi connectivity index (χ0n) is 15.6. The highest BCUT2D eigenvalue weighted by molar-refractivity contribution is 6.04. The Morgan fingerprint density at radius 2 is 1.93 bits per heavy atom. The summed E-state index contributed by atoms with van der Waals surface area (Å²) >= 11 is 0. The summed E-state index contributed by atoms with van der Waals surface area (Å²) in [6, 6.07) is 13.0. The van der Waals surface area contributed by atoms with Gasteiger partial charge in [-0.3, -0.25) is 9.59 Å². The number of imidazole rings is 1. The van der Waals surface area contributed by atoms with Crippen molar-refractivity contribution in [3.8, 4) is 6.07 Å². The van der Waals surface area contributed by atoms with E-state index in [4.69, 9.17) is 10.00 Å². The van der Waals surface area contributed by atoms with Crippen LogP contribution in [0.25, 0.3) is 11.0 Å². The maximum absolute atomic E-state index is 12.9. The maximum Gasteiger partial charge on any atom is 0.323 e. The number of aromatic amines is 2. The van der Waals surface area contributed by atoms with Gasteiger partial charge in [-0.05, 0) is 42.5 Å². The Labute approximate surface area is 169 Å². The highest BCUT2D eigenvalue weighted by atomic mass is 16.5. The second-order valence-corrected chi connectivity index (χ2v) is 6.71. The number of carbonyl (C=O) groups is 2. The van der Waals surface area contributed by atoms with Crippen LogP contribution in [-0.4, -0.2) is 52.2 Å². The molecule has 1 aliphatic heterocycles. The Hall–Kier alpha value is -3.94. The number of H-pyrrole nitrogens is 2. The molecule has 3 aromatic rings. The van der Waals surface area contributed by atoms with E-state index in [1.165, 1.54) is 29.2 Å². The molecule has 1 aliphatic rings. The lowest BCUT2D eigenvalue weighted by atomic mass is 10.1. The Balaban J connectivity index is 1.50. The standard InChI is InChI=1S/C20H17N5O5/c21-10-11-1-3-12(4-2-11)22-18(27)16(26)17-19(28)25(7-8-30-17)13-5-6-14-15(9-13)24-20(29)23-14/h1-6,9,16-17,26H,7-8H2,(H,22,27)(H2,23,24,29)/t16-,17-/m1/s1. The monoisotopic (exact) mass is 407 g/mol. The van der Waals surface area contributed by atoms with Gasteiger partial charge in [-0.25, -0.2) is 4.79 Å². The lowest BCUT2D eigenvalue weighted by Crippen LogP contribution is -2.55. The molecular formula is C20H17N5O5. The van der Waals surface area contributed by atoms with Gasteiger partial charge in [-0.15, -0.1) is 0 Å². The molecule has 4 rings (SSSR count).